The van der Waals surface area contributed by atoms with Crippen LogP contribution in [0.5, 0.6) is 0 Å². The molecule has 0 spiro atoms. The number of allylic oxidation sites excluding steroid dienone is 1. The minimum absolute atomic E-state index is 0.104. The fourth-order valence-corrected chi connectivity index (χ4v) is 5.08. The van der Waals surface area contributed by atoms with Gasteiger partial charge in [0.1, 0.15) is 0 Å². The number of aliphatic carboxylic acids is 1. The molecule has 0 aliphatic heterocycles. The minimum Gasteiger partial charge on any atom is -0.481 e. The highest BCUT2D eigenvalue weighted by Crippen LogP contribution is 2.53. The maximum atomic E-state index is 11.3. The normalized spacial score (nSPS) is 38.8. The van der Waals surface area contributed by atoms with E-state index >= 15 is 0 Å². The summed E-state index contributed by atoms with van der Waals surface area (Å²) in [5, 5.41) is 29.8. The Labute approximate surface area is 150 Å². The average molecular weight is 348 g/mol. The van der Waals surface area contributed by atoms with Gasteiger partial charge in [0.25, 0.3) is 0 Å². The Morgan fingerprint density at radius 3 is 2.76 bits per heavy atom. The smallest absolute Gasteiger partial charge is 0.310 e. The Morgan fingerprint density at radius 2 is 2.12 bits per heavy atom. The number of hydrogen-bond donors (Lipinski definition) is 3. The Balaban J connectivity index is 1.61. The molecule has 0 radical (unpaired) electrons. The zero-order valence-corrected chi connectivity index (χ0v) is 15.2. The Morgan fingerprint density at radius 1 is 1.32 bits per heavy atom. The van der Waals surface area contributed by atoms with Crippen molar-refractivity contribution in [2.24, 2.45) is 23.7 Å². The maximum Gasteiger partial charge on any atom is 0.310 e. The molecule has 3 fully saturated rings. The summed E-state index contributed by atoms with van der Waals surface area (Å²) in [6.45, 7) is 2.15. The molecule has 0 amide bonds. The van der Waals surface area contributed by atoms with Crippen LogP contribution < -0.4 is 0 Å². The summed E-state index contributed by atoms with van der Waals surface area (Å²) in [7, 11) is 0. The molecule has 3 saturated carbocycles. The van der Waals surface area contributed by atoms with Crippen LogP contribution in [0.15, 0.2) is 23.3 Å². The zero-order valence-electron chi connectivity index (χ0n) is 15.2. The van der Waals surface area contributed by atoms with E-state index in [1.54, 1.807) is 0 Å². The molecule has 0 heterocycles. The van der Waals surface area contributed by atoms with Crippen LogP contribution in [0.4, 0.5) is 0 Å². The van der Waals surface area contributed by atoms with Crippen LogP contribution in [0.1, 0.15) is 64.7 Å². The molecule has 0 aromatic rings. The van der Waals surface area contributed by atoms with Gasteiger partial charge >= 0.3 is 5.97 Å². The van der Waals surface area contributed by atoms with Crippen molar-refractivity contribution in [1.82, 2.24) is 0 Å². The van der Waals surface area contributed by atoms with Crippen LogP contribution in [-0.2, 0) is 4.79 Å². The van der Waals surface area contributed by atoms with Crippen molar-refractivity contribution in [2.75, 3.05) is 0 Å². The fraction of sp³-hybridized carbons (Fsp3) is 0.762. The van der Waals surface area contributed by atoms with Crippen LogP contribution in [-0.4, -0.2) is 33.5 Å². The third kappa shape index (κ3) is 4.01. The van der Waals surface area contributed by atoms with Gasteiger partial charge in [0.15, 0.2) is 0 Å². The summed E-state index contributed by atoms with van der Waals surface area (Å²) in [6.07, 6.45) is 11.7. The lowest BCUT2D eigenvalue weighted by molar-refractivity contribution is -0.142. The first-order valence-electron chi connectivity index (χ1n) is 9.99. The van der Waals surface area contributed by atoms with E-state index < -0.39 is 12.1 Å². The van der Waals surface area contributed by atoms with Gasteiger partial charge < -0.3 is 15.3 Å². The number of carboxylic acids is 1. The van der Waals surface area contributed by atoms with Gasteiger partial charge in [0.05, 0.1) is 18.1 Å². The molecule has 3 rings (SSSR count). The molecule has 4 nitrogen and oxygen atoms in total. The van der Waals surface area contributed by atoms with Crippen molar-refractivity contribution in [1.29, 1.82) is 0 Å². The monoisotopic (exact) mass is 348 g/mol. The van der Waals surface area contributed by atoms with Gasteiger partial charge in [-0.1, -0.05) is 49.5 Å². The first-order chi connectivity index (χ1) is 12.0. The molecule has 140 valence electrons. The highest BCUT2D eigenvalue weighted by molar-refractivity contribution is 5.75. The lowest BCUT2D eigenvalue weighted by Gasteiger charge is -2.29. The molecule has 25 heavy (non-hydrogen) atoms. The van der Waals surface area contributed by atoms with E-state index in [4.69, 9.17) is 0 Å². The summed E-state index contributed by atoms with van der Waals surface area (Å²) in [5.41, 5.74) is 2.51. The minimum atomic E-state index is -0.683. The Kier molecular flexibility index (Phi) is 6.00. The highest BCUT2D eigenvalue weighted by Gasteiger charge is 2.47. The molecular formula is C21H32O4. The first-order valence-corrected chi connectivity index (χ1v) is 9.99. The van der Waals surface area contributed by atoms with E-state index in [0.29, 0.717) is 11.8 Å². The quantitative estimate of drug-likeness (QED) is 0.484. The molecular weight excluding hydrogens is 316 g/mol. The van der Waals surface area contributed by atoms with Crippen LogP contribution >= 0.6 is 0 Å². The van der Waals surface area contributed by atoms with Gasteiger partial charge in [-0.2, -0.15) is 0 Å². The zero-order chi connectivity index (χ0) is 18.0. The van der Waals surface area contributed by atoms with E-state index in [-0.39, 0.29) is 17.9 Å². The molecule has 3 N–H and O–H groups in total. The summed E-state index contributed by atoms with van der Waals surface area (Å²) >= 11 is 0. The standard InChI is InChI=1S/C21H32O4/c1-2-3-4-5-15(22)6-7-17-19-11-13(10-14(19)12-20(17)23)16-8-9-18(16)21(24)25/h6-7,14-15,17-20,22-23H,2-5,8-12H2,1H3,(H,24,25)/b7-6+,16-13?/t14-,15-,17+,18?,19-,20?/m0/s1. The maximum absolute atomic E-state index is 11.3. The van der Waals surface area contributed by atoms with Crippen molar-refractivity contribution >= 4 is 5.97 Å². The molecule has 2 unspecified atom stereocenters. The lowest BCUT2D eigenvalue weighted by Crippen LogP contribution is -2.26. The van der Waals surface area contributed by atoms with Crippen LogP contribution in [0.3, 0.4) is 0 Å². The van der Waals surface area contributed by atoms with Crippen molar-refractivity contribution in [3.63, 3.8) is 0 Å². The van der Waals surface area contributed by atoms with Crippen LogP contribution in [0.25, 0.3) is 0 Å². The number of aliphatic hydroxyl groups excluding tert-OH is 2. The van der Waals surface area contributed by atoms with E-state index in [2.05, 4.69) is 6.92 Å². The topological polar surface area (TPSA) is 77.8 Å². The summed E-state index contributed by atoms with van der Waals surface area (Å²) in [6, 6.07) is 0. The van der Waals surface area contributed by atoms with E-state index in [1.165, 1.54) is 11.1 Å². The van der Waals surface area contributed by atoms with E-state index in [0.717, 1.165) is 57.8 Å². The Hall–Kier alpha value is -1.13. The largest absolute Gasteiger partial charge is 0.481 e. The second-order valence-electron chi connectivity index (χ2n) is 8.22. The highest BCUT2D eigenvalue weighted by atomic mass is 16.4. The molecule has 3 aliphatic carbocycles. The fourth-order valence-electron chi connectivity index (χ4n) is 5.08. The average Bonchev–Trinajstić information content (AvgIpc) is 3.00. The SMILES string of the molecule is CCCCC[C@H](O)/C=C/[C@H]1C(O)C[C@@H]2CC(=C3CCC3C(=O)O)C[C@@H]21. The molecule has 3 aliphatic rings. The molecule has 6 atom stereocenters. The van der Waals surface area contributed by atoms with Gasteiger partial charge in [-0.05, 0) is 50.4 Å². The Bertz CT molecular complexity index is 550. The third-order valence-corrected chi connectivity index (χ3v) is 6.61. The number of carboxylic acid groups (broad SMARTS) is 1. The van der Waals surface area contributed by atoms with Crippen LogP contribution in [0, 0.1) is 23.7 Å². The van der Waals surface area contributed by atoms with Gasteiger partial charge in [0, 0.05) is 5.92 Å². The lowest BCUT2D eigenvalue weighted by atomic mass is 9.75. The van der Waals surface area contributed by atoms with Crippen LogP contribution in [0.2, 0.25) is 0 Å². The number of hydrogen-bond acceptors (Lipinski definition) is 3. The van der Waals surface area contributed by atoms with Gasteiger partial charge in [-0.15, -0.1) is 0 Å². The molecule has 0 aromatic carbocycles. The molecule has 0 aromatic heterocycles. The summed E-state index contributed by atoms with van der Waals surface area (Å²) < 4.78 is 0. The van der Waals surface area contributed by atoms with Crippen molar-refractivity contribution in [2.45, 2.75) is 76.9 Å². The number of unbranched alkanes of at least 4 members (excludes halogenated alkanes) is 2. The van der Waals surface area contributed by atoms with Gasteiger partial charge in [-0.3, -0.25) is 4.79 Å². The first kappa shape index (κ1) is 18.7. The number of fused-ring (bicyclic) bond motifs is 1. The summed E-state index contributed by atoms with van der Waals surface area (Å²) in [5.74, 6) is 0.0453. The van der Waals surface area contributed by atoms with Gasteiger partial charge in [0.2, 0.25) is 0 Å². The number of carbonyl (C=O) groups is 1. The predicted octanol–water partition coefficient (Wildman–Crippen LogP) is 3.68. The van der Waals surface area contributed by atoms with Gasteiger partial charge in [-0.25, -0.2) is 0 Å². The molecule has 0 bridgehead atoms. The molecule has 4 heteroatoms. The van der Waals surface area contributed by atoms with Crippen molar-refractivity contribution in [3.05, 3.63) is 23.3 Å². The van der Waals surface area contributed by atoms with E-state index in [9.17, 15) is 20.1 Å². The van der Waals surface area contributed by atoms with Crippen molar-refractivity contribution in [3.8, 4) is 0 Å². The molecule has 0 saturated heterocycles. The third-order valence-electron chi connectivity index (χ3n) is 6.61. The second-order valence-corrected chi connectivity index (χ2v) is 8.22. The number of aliphatic hydroxyl groups is 2. The number of rotatable bonds is 7. The van der Waals surface area contributed by atoms with E-state index in [1.807, 2.05) is 12.2 Å². The summed E-state index contributed by atoms with van der Waals surface area (Å²) in [4.78, 5) is 11.3. The van der Waals surface area contributed by atoms with Crippen molar-refractivity contribution < 1.29 is 20.1 Å². The second kappa shape index (κ2) is 8.05. The predicted molar refractivity (Wildman–Crippen MR) is 97.0 cm³/mol.